The van der Waals surface area contributed by atoms with E-state index in [1.165, 1.54) is 0 Å². The zero-order valence-corrected chi connectivity index (χ0v) is 10.3. The number of halogens is 1. The van der Waals surface area contributed by atoms with E-state index in [2.05, 4.69) is 10.3 Å². The van der Waals surface area contributed by atoms with Gasteiger partial charge in [-0.15, -0.1) is 16.4 Å². The molecule has 0 aliphatic rings. The molecule has 0 saturated carbocycles. The van der Waals surface area contributed by atoms with Crippen LogP contribution in [-0.4, -0.2) is 15.0 Å². The molecular weight excluding hydrogens is 254 g/mol. The fourth-order valence-corrected chi connectivity index (χ4v) is 2.32. The van der Waals surface area contributed by atoms with Gasteiger partial charge in [0.1, 0.15) is 5.69 Å². The summed E-state index contributed by atoms with van der Waals surface area (Å²) >= 11 is 7.49. The predicted molar refractivity (Wildman–Crippen MR) is 69.7 cm³/mol. The van der Waals surface area contributed by atoms with E-state index in [9.17, 15) is 0 Å². The van der Waals surface area contributed by atoms with Gasteiger partial charge in [-0.05, 0) is 35.7 Å². The van der Waals surface area contributed by atoms with Gasteiger partial charge in [0, 0.05) is 5.02 Å². The Hall–Kier alpha value is -1.65. The maximum absolute atomic E-state index is 5.84. The molecule has 17 heavy (non-hydrogen) atoms. The van der Waals surface area contributed by atoms with Crippen molar-refractivity contribution in [3.05, 3.63) is 53.0 Å². The van der Waals surface area contributed by atoms with Crippen molar-refractivity contribution < 1.29 is 0 Å². The minimum absolute atomic E-state index is 0.715. The molecule has 0 aliphatic carbocycles. The van der Waals surface area contributed by atoms with Crippen LogP contribution in [0.4, 0.5) is 0 Å². The van der Waals surface area contributed by atoms with Gasteiger partial charge in [-0.2, -0.15) is 0 Å². The summed E-state index contributed by atoms with van der Waals surface area (Å²) in [5.41, 5.74) is 1.83. The average Bonchev–Trinajstić information content (AvgIpc) is 3.00. The Balaban J connectivity index is 1.98. The lowest BCUT2D eigenvalue weighted by Crippen LogP contribution is -1.93. The summed E-state index contributed by atoms with van der Waals surface area (Å²) in [6.07, 6.45) is 1.91. The Labute approximate surface area is 107 Å². The topological polar surface area (TPSA) is 30.7 Å². The molecule has 2 heterocycles. The first kappa shape index (κ1) is 10.5. The van der Waals surface area contributed by atoms with E-state index in [4.69, 9.17) is 11.6 Å². The van der Waals surface area contributed by atoms with Gasteiger partial charge in [0.05, 0.1) is 16.8 Å². The van der Waals surface area contributed by atoms with Crippen molar-refractivity contribution in [2.24, 2.45) is 0 Å². The highest BCUT2D eigenvalue weighted by Crippen LogP contribution is 2.22. The first-order chi connectivity index (χ1) is 8.33. The molecule has 0 radical (unpaired) electrons. The van der Waals surface area contributed by atoms with Crippen molar-refractivity contribution in [2.45, 2.75) is 0 Å². The van der Waals surface area contributed by atoms with Crippen LogP contribution in [0.3, 0.4) is 0 Å². The minimum atomic E-state index is 0.715. The van der Waals surface area contributed by atoms with Gasteiger partial charge < -0.3 is 0 Å². The van der Waals surface area contributed by atoms with Crippen molar-refractivity contribution in [1.29, 1.82) is 0 Å². The highest BCUT2D eigenvalue weighted by atomic mass is 35.5. The summed E-state index contributed by atoms with van der Waals surface area (Å²) in [4.78, 5) is 1.12. The Kier molecular flexibility index (Phi) is 2.66. The molecular formula is C12H8ClN3S. The standard InChI is InChI=1S/C12H8ClN3S/c13-9-3-5-10(6-4-9)16-8-11(14-15-16)12-2-1-7-17-12/h1-8H. The maximum Gasteiger partial charge on any atom is 0.123 e. The lowest BCUT2D eigenvalue weighted by molar-refractivity contribution is 0.804. The molecule has 0 N–H and O–H groups in total. The molecule has 0 amide bonds. The third-order valence-corrected chi connectivity index (χ3v) is 3.50. The quantitative estimate of drug-likeness (QED) is 0.705. The monoisotopic (exact) mass is 261 g/mol. The molecule has 2 aromatic heterocycles. The lowest BCUT2D eigenvalue weighted by Gasteiger charge is -1.98. The molecule has 1 aromatic carbocycles. The molecule has 0 saturated heterocycles. The molecule has 3 rings (SSSR count). The third-order valence-electron chi connectivity index (χ3n) is 2.36. The van der Waals surface area contributed by atoms with Crippen molar-refractivity contribution in [3.63, 3.8) is 0 Å². The second-order valence-electron chi connectivity index (χ2n) is 3.50. The zero-order valence-electron chi connectivity index (χ0n) is 8.75. The van der Waals surface area contributed by atoms with Gasteiger partial charge in [0.2, 0.25) is 0 Å². The summed E-state index contributed by atoms with van der Waals surface area (Å²) in [5.74, 6) is 0. The summed E-state index contributed by atoms with van der Waals surface area (Å²) in [5, 5.41) is 11.0. The highest BCUT2D eigenvalue weighted by molar-refractivity contribution is 7.13. The largest absolute Gasteiger partial charge is 0.220 e. The molecule has 0 unspecified atom stereocenters. The van der Waals surface area contributed by atoms with Crippen LogP contribution >= 0.6 is 22.9 Å². The van der Waals surface area contributed by atoms with Gasteiger partial charge in [0.25, 0.3) is 0 Å². The van der Waals surface area contributed by atoms with E-state index in [1.807, 2.05) is 48.0 Å². The van der Waals surface area contributed by atoms with Crippen LogP contribution in [0.2, 0.25) is 5.02 Å². The summed E-state index contributed by atoms with van der Waals surface area (Å²) in [7, 11) is 0. The second kappa shape index (κ2) is 4.31. The fourth-order valence-electron chi connectivity index (χ4n) is 1.52. The van der Waals surface area contributed by atoms with Gasteiger partial charge >= 0.3 is 0 Å². The van der Waals surface area contributed by atoms with E-state index in [1.54, 1.807) is 16.0 Å². The maximum atomic E-state index is 5.84. The first-order valence-electron chi connectivity index (χ1n) is 5.05. The number of nitrogens with zero attached hydrogens (tertiary/aromatic N) is 3. The Morgan fingerprint density at radius 1 is 1.12 bits per heavy atom. The van der Waals surface area contributed by atoms with Crippen molar-refractivity contribution in [2.75, 3.05) is 0 Å². The minimum Gasteiger partial charge on any atom is -0.220 e. The van der Waals surface area contributed by atoms with Crippen LogP contribution in [0.15, 0.2) is 48.0 Å². The van der Waals surface area contributed by atoms with Crippen LogP contribution in [0, 0.1) is 0 Å². The molecule has 0 spiro atoms. The summed E-state index contributed by atoms with van der Waals surface area (Å²) in [6.45, 7) is 0. The molecule has 0 fully saturated rings. The first-order valence-corrected chi connectivity index (χ1v) is 6.31. The molecule has 3 aromatic rings. The second-order valence-corrected chi connectivity index (χ2v) is 4.89. The zero-order chi connectivity index (χ0) is 11.7. The molecule has 84 valence electrons. The van der Waals surface area contributed by atoms with Crippen molar-refractivity contribution in [3.8, 4) is 16.3 Å². The van der Waals surface area contributed by atoms with E-state index in [0.29, 0.717) is 5.02 Å². The van der Waals surface area contributed by atoms with Gasteiger partial charge in [-0.3, -0.25) is 0 Å². The van der Waals surface area contributed by atoms with E-state index in [0.717, 1.165) is 16.3 Å². The van der Waals surface area contributed by atoms with E-state index in [-0.39, 0.29) is 0 Å². The Bertz CT molecular complexity index is 614. The van der Waals surface area contributed by atoms with Gasteiger partial charge in [0.15, 0.2) is 0 Å². The molecule has 5 heteroatoms. The fraction of sp³-hybridized carbons (Fsp3) is 0. The predicted octanol–water partition coefficient (Wildman–Crippen LogP) is 3.65. The van der Waals surface area contributed by atoms with E-state index < -0.39 is 0 Å². The van der Waals surface area contributed by atoms with Gasteiger partial charge in [-0.1, -0.05) is 22.9 Å². The van der Waals surface area contributed by atoms with Crippen LogP contribution in [-0.2, 0) is 0 Å². The number of benzene rings is 1. The summed E-state index contributed by atoms with van der Waals surface area (Å²) < 4.78 is 1.74. The number of rotatable bonds is 2. The number of hydrogen-bond donors (Lipinski definition) is 0. The Morgan fingerprint density at radius 2 is 1.94 bits per heavy atom. The normalized spacial score (nSPS) is 10.6. The Morgan fingerprint density at radius 3 is 2.65 bits per heavy atom. The SMILES string of the molecule is Clc1ccc(-n2cc(-c3cccs3)nn2)cc1. The van der Waals surface area contributed by atoms with E-state index >= 15 is 0 Å². The number of aromatic nitrogens is 3. The average molecular weight is 262 g/mol. The smallest absolute Gasteiger partial charge is 0.123 e. The molecule has 3 nitrogen and oxygen atoms in total. The summed E-state index contributed by atoms with van der Waals surface area (Å²) in [6, 6.07) is 11.5. The number of thiophene rings is 1. The third kappa shape index (κ3) is 2.09. The highest BCUT2D eigenvalue weighted by Gasteiger charge is 2.05. The van der Waals surface area contributed by atoms with Gasteiger partial charge in [-0.25, -0.2) is 4.68 Å². The number of hydrogen-bond acceptors (Lipinski definition) is 3. The van der Waals surface area contributed by atoms with Crippen LogP contribution in [0.5, 0.6) is 0 Å². The van der Waals surface area contributed by atoms with Crippen molar-refractivity contribution >= 4 is 22.9 Å². The molecule has 0 aliphatic heterocycles. The van der Waals surface area contributed by atoms with Crippen LogP contribution in [0.1, 0.15) is 0 Å². The van der Waals surface area contributed by atoms with Crippen LogP contribution < -0.4 is 0 Å². The molecule has 0 atom stereocenters. The van der Waals surface area contributed by atoms with Crippen LogP contribution in [0.25, 0.3) is 16.3 Å². The molecule has 0 bridgehead atoms. The van der Waals surface area contributed by atoms with Crippen molar-refractivity contribution in [1.82, 2.24) is 15.0 Å². The lowest BCUT2D eigenvalue weighted by atomic mass is 10.3.